The van der Waals surface area contributed by atoms with E-state index < -0.39 is 5.60 Å². The van der Waals surface area contributed by atoms with Gasteiger partial charge in [0.15, 0.2) is 0 Å². The molecule has 106 valence electrons. The first-order valence-electron chi connectivity index (χ1n) is 7.75. The minimum Gasteiger partial charge on any atom is -0.385 e. The molecule has 19 heavy (non-hydrogen) atoms. The first-order chi connectivity index (χ1) is 8.95. The van der Waals surface area contributed by atoms with Crippen LogP contribution in [0.4, 0.5) is 0 Å². The Morgan fingerprint density at radius 2 is 1.79 bits per heavy atom. The Labute approximate surface area is 118 Å². The Balaban J connectivity index is 2.20. The minimum absolute atomic E-state index is 0.413. The van der Waals surface area contributed by atoms with Crippen molar-refractivity contribution in [3.63, 3.8) is 0 Å². The molecule has 0 aromatic heterocycles. The van der Waals surface area contributed by atoms with Crippen molar-refractivity contribution in [2.45, 2.75) is 65.4 Å². The van der Waals surface area contributed by atoms with Crippen LogP contribution in [0, 0.1) is 25.7 Å². The van der Waals surface area contributed by atoms with Gasteiger partial charge in [0.1, 0.15) is 0 Å². The maximum Gasteiger partial charge on any atom is 0.0899 e. The predicted molar refractivity (Wildman–Crippen MR) is 81.2 cm³/mol. The summed E-state index contributed by atoms with van der Waals surface area (Å²) in [5.74, 6) is 1.29. The molecule has 1 nitrogen and oxygen atoms in total. The number of hydrogen-bond donors (Lipinski definition) is 1. The van der Waals surface area contributed by atoms with Gasteiger partial charge >= 0.3 is 0 Å². The molecule has 1 heteroatoms. The van der Waals surface area contributed by atoms with Crippen LogP contribution in [0.5, 0.6) is 0 Å². The number of rotatable bonds is 3. The highest BCUT2D eigenvalue weighted by Crippen LogP contribution is 2.42. The Kier molecular flexibility index (Phi) is 4.35. The number of aliphatic hydroxyl groups is 1. The lowest BCUT2D eigenvalue weighted by Gasteiger charge is -2.39. The van der Waals surface area contributed by atoms with Crippen LogP contribution in [0.1, 0.15) is 62.6 Å². The molecule has 0 saturated heterocycles. The van der Waals surface area contributed by atoms with Crippen LogP contribution >= 0.6 is 0 Å². The van der Waals surface area contributed by atoms with Crippen molar-refractivity contribution in [2.24, 2.45) is 11.8 Å². The fraction of sp³-hybridized carbons (Fsp3) is 0.667. The van der Waals surface area contributed by atoms with Gasteiger partial charge in [-0.2, -0.15) is 0 Å². The largest absolute Gasteiger partial charge is 0.385 e. The van der Waals surface area contributed by atoms with Gasteiger partial charge in [-0.3, -0.25) is 0 Å². The summed E-state index contributed by atoms with van der Waals surface area (Å²) in [6.45, 7) is 8.52. The fourth-order valence-corrected chi connectivity index (χ4v) is 3.63. The predicted octanol–water partition coefficient (Wildman–Crippen LogP) is 4.73. The highest BCUT2D eigenvalue weighted by molar-refractivity contribution is 5.35. The molecular formula is C18H28O. The van der Waals surface area contributed by atoms with Crippen LogP contribution in [0.2, 0.25) is 0 Å². The zero-order valence-corrected chi connectivity index (χ0v) is 12.9. The topological polar surface area (TPSA) is 20.2 Å². The summed E-state index contributed by atoms with van der Waals surface area (Å²) >= 11 is 0. The molecule has 2 rings (SSSR count). The Morgan fingerprint density at radius 1 is 1.16 bits per heavy atom. The normalized spacial score (nSPS) is 27.0. The van der Waals surface area contributed by atoms with Crippen molar-refractivity contribution in [1.29, 1.82) is 0 Å². The van der Waals surface area contributed by atoms with Crippen LogP contribution in [-0.2, 0) is 5.60 Å². The van der Waals surface area contributed by atoms with E-state index in [0.717, 1.165) is 11.5 Å². The van der Waals surface area contributed by atoms with E-state index in [1.54, 1.807) is 0 Å². The van der Waals surface area contributed by atoms with Crippen molar-refractivity contribution in [2.75, 3.05) is 0 Å². The molecule has 0 heterocycles. The minimum atomic E-state index is -0.672. The van der Waals surface area contributed by atoms with E-state index >= 15 is 0 Å². The van der Waals surface area contributed by atoms with Gasteiger partial charge in [0, 0.05) is 0 Å². The third-order valence-corrected chi connectivity index (χ3v) is 5.16. The van der Waals surface area contributed by atoms with Gasteiger partial charge in [-0.1, -0.05) is 49.9 Å². The van der Waals surface area contributed by atoms with Gasteiger partial charge in [-0.25, -0.2) is 0 Å². The van der Waals surface area contributed by atoms with E-state index in [1.807, 2.05) is 6.92 Å². The number of aryl methyl sites for hydroxylation is 2. The van der Waals surface area contributed by atoms with E-state index in [2.05, 4.69) is 39.0 Å². The van der Waals surface area contributed by atoms with Crippen LogP contribution in [-0.4, -0.2) is 5.11 Å². The number of hydrogen-bond acceptors (Lipinski definition) is 1. The lowest BCUT2D eigenvalue weighted by molar-refractivity contribution is -0.0281. The van der Waals surface area contributed by atoms with Gasteiger partial charge in [0.2, 0.25) is 0 Å². The first-order valence-corrected chi connectivity index (χ1v) is 7.75. The monoisotopic (exact) mass is 260 g/mol. The summed E-state index contributed by atoms with van der Waals surface area (Å²) in [5.41, 5.74) is 2.92. The summed E-state index contributed by atoms with van der Waals surface area (Å²) in [6, 6.07) is 6.43. The summed E-state index contributed by atoms with van der Waals surface area (Å²) in [5, 5.41) is 11.1. The molecule has 1 unspecified atom stereocenters. The van der Waals surface area contributed by atoms with E-state index in [1.165, 1.54) is 43.2 Å². The zero-order chi connectivity index (χ0) is 14.0. The quantitative estimate of drug-likeness (QED) is 0.833. The number of benzene rings is 1. The second-order valence-corrected chi connectivity index (χ2v) is 6.59. The smallest absolute Gasteiger partial charge is 0.0899 e. The zero-order valence-electron chi connectivity index (χ0n) is 12.9. The van der Waals surface area contributed by atoms with Crippen molar-refractivity contribution in [3.05, 3.63) is 34.9 Å². The molecule has 1 fully saturated rings. The molecule has 1 N–H and O–H groups in total. The first kappa shape index (κ1) is 14.6. The maximum atomic E-state index is 11.1. The van der Waals surface area contributed by atoms with Gasteiger partial charge in [0.25, 0.3) is 0 Å². The molecule has 0 radical (unpaired) electrons. The van der Waals surface area contributed by atoms with Crippen LogP contribution in [0.3, 0.4) is 0 Å². The van der Waals surface area contributed by atoms with Crippen LogP contribution in [0.25, 0.3) is 0 Å². The van der Waals surface area contributed by atoms with Crippen molar-refractivity contribution in [3.8, 4) is 0 Å². The molecular weight excluding hydrogens is 232 g/mol. The molecule has 0 spiro atoms. The lowest BCUT2D eigenvalue weighted by Crippen LogP contribution is -2.35. The van der Waals surface area contributed by atoms with Gasteiger partial charge in [0.05, 0.1) is 5.60 Å². The Hall–Kier alpha value is -0.820. The summed E-state index contributed by atoms with van der Waals surface area (Å²) in [7, 11) is 0. The fourth-order valence-electron chi connectivity index (χ4n) is 3.63. The molecule has 1 aliphatic rings. The molecule has 0 bridgehead atoms. The van der Waals surface area contributed by atoms with Crippen molar-refractivity contribution in [1.82, 2.24) is 0 Å². The third kappa shape index (κ3) is 3.02. The van der Waals surface area contributed by atoms with Gasteiger partial charge < -0.3 is 5.11 Å². The third-order valence-electron chi connectivity index (χ3n) is 5.16. The summed E-state index contributed by atoms with van der Waals surface area (Å²) in [4.78, 5) is 0. The molecule has 1 saturated carbocycles. The molecule has 1 aliphatic carbocycles. The van der Waals surface area contributed by atoms with E-state index in [0.29, 0.717) is 5.92 Å². The van der Waals surface area contributed by atoms with Crippen molar-refractivity contribution < 1.29 is 5.11 Å². The highest BCUT2D eigenvalue weighted by Gasteiger charge is 2.36. The van der Waals surface area contributed by atoms with Gasteiger partial charge in [-0.05, 0) is 56.6 Å². The average Bonchev–Trinajstić information content (AvgIpc) is 2.41. The van der Waals surface area contributed by atoms with Crippen molar-refractivity contribution >= 4 is 0 Å². The van der Waals surface area contributed by atoms with E-state index in [-0.39, 0.29) is 0 Å². The molecule has 1 atom stereocenters. The molecule has 1 aromatic rings. The van der Waals surface area contributed by atoms with E-state index in [4.69, 9.17) is 0 Å². The maximum absolute atomic E-state index is 11.1. The average molecular weight is 260 g/mol. The van der Waals surface area contributed by atoms with Crippen LogP contribution < -0.4 is 0 Å². The van der Waals surface area contributed by atoms with E-state index in [9.17, 15) is 5.11 Å². The standard InChI is InChI=1S/C18H28O/c1-5-15-8-10-16(11-9-15)18(4,19)17-12-13(2)6-7-14(17)3/h6-7,12,15-16,19H,5,8-11H2,1-4H3. The Morgan fingerprint density at radius 3 is 2.37 bits per heavy atom. The summed E-state index contributed by atoms with van der Waals surface area (Å²) in [6.07, 6.45) is 6.18. The van der Waals surface area contributed by atoms with Crippen LogP contribution in [0.15, 0.2) is 18.2 Å². The Bertz CT molecular complexity index is 425. The molecule has 0 amide bonds. The highest BCUT2D eigenvalue weighted by atomic mass is 16.3. The van der Waals surface area contributed by atoms with Gasteiger partial charge in [-0.15, -0.1) is 0 Å². The molecule has 0 aliphatic heterocycles. The molecule has 1 aromatic carbocycles. The summed E-state index contributed by atoms with van der Waals surface area (Å²) < 4.78 is 0. The second-order valence-electron chi connectivity index (χ2n) is 6.59. The lowest BCUT2D eigenvalue weighted by atomic mass is 9.70. The second kappa shape index (κ2) is 5.66. The SMILES string of the molecule is CCC1CCC(C(C)(O)c2cc(C)ccc2C)CC1.